The third kappa shape index (κ3) is 3.41. The molecule has 0 aromatic carbocycles. The lowest BCUT2D eigenvalue weighted by molar-refractivity contribution is -0.137. The molecule has 3 heterocycles. The molecule has 0 atom stereocenters. The second-order valence-corrected chi connectivity index (χ2v) is 5.73. The molecular weight excluding hydrogens is 346 g/mol. The van der Waals surface area contributed by atoms with Gasteiger partial charge in [-0.05, 0) is 6.42 Å². The van der Waals surface area contributed by atoms with E-state index >= 15 is 0 Å². The number of carbonyl (C=O) groups is 3. The van der Waals surface area contributed by atoms with Crippen molar-refractivity contribution in [1.82, 2.24) is 19.1 Å². The van der Waals surface area contributed by atoms with Crippen LogP contribution in [0.3, 0.4) is 0 Å². The number of nitrogens with zero attached hydrogens (tertiary/aromatic N) is 4. The Hall–Kier alpha value is -3.24. The first kappa shape index (κ1) is 19.1. The van der Waals surface area contributed by atoms with Crippen molar-refractivity contribution in [2.75, 3.05) is 4.90 Å². The zero-order chi connectivity index (χ0) is 19.6. The topological polar surface area (TPSA) is 147 Å². The second kappa shape index (κ2) is 7.33. The lowest BCUT2D eigenvalue weighted by Crippen LogP contribution is -2.36. The van der Waals surface area contributed by atoms with Gasteiger partial charge in [-0.15, -0.1) is 0 Å². The molecule has 1 aliphatic rings. The van der Waals surface area contributed by atoms with Gasteiger partial charge in [0.2, 0.25) is 17.8 Å². The van der Waals surface area contributed by atoms with Crippen LogP contribution < -0.4 is 16.1 Å². The Labute approximate surface area is 146 Å². The van der Waals surface area contributed by atoms with Crippen molar-refractivity contribution in [2.45, 2.75) is 32.6 Å². The van der Waals surface area contributed by atoms with Gasteiger partial charge in [0.05, 0.1) is 0 Å². The highest BCUT2D eigenvalue weighted by atomic mass is 16.4. The van der Waals surface area contributed by atoms with E-state index < -0.39 is 17.2 Å². The van der Waals surface area contributed by atoms with Gasteiger partial charge in [-0.1, -0.05) is 6.92 Å². The van der Waals surface area contributed by atoms with Crippen LogP contribution in [0.1, 0.15) is 32.6 Å². The van der Waals surface area contributed by atoms with Crippen LogP contribution in [0.15, 0.2) is 9.59 Å². The molecule has 0 bridgehead atoms. The quantitative estimate of drug-likeness (QED) is 0.696. The molecule has 2 aromatic rings. The number of imide groups is 1. The number of imidazole rings is 1. The first-order valence-electron chi connectivity index (χ1n) is 7.92. The van der Waals surface area contributed by atoms with Crippen LogP contribution in [0.4, 0.5) is 5.95 Å². The Morgan fingerprint density at radius 3 is 2.15 bits per heavy atom. The Balaban J connectivity index is 0.000000352. The summed E-state index contributed by atoms with van der Waals surface area (Å²) in [7, 11) is 2.80. The van der Waals surface area contributed by atoms with Gasteiger partial charge < -0.3 is 10.1 Å². The summed E-state index contributed by atoms with van der Waals surface area (Å²) < 4.78 is 2.11. The van der Waals surface area contributed by atoms with Crippen molar-refractivity contribution in [1.29, 1.82) is 0 Å². The molecular formula is C15H19N5O6. The fourth-order valence-corrected chi connectivity index (χ4v) is 2.45. The molecule has 140 valence electrons. The number of amides is 2. The lowest BCUT2D eigenvalue weighted by atomic mass is 10.4. The molecule has 1 fully saturated rings. The van der Waals surface area contributed by atoms with E-state index in [9.17, 15) is 24.0 Å². The number of aryl methyl sites for hydroxylation is 1. The molecule has 3 rings (SSSR count). The monoisotopic (exact) mass is 365 g/mol. The molecule has 2 aromatic heterocycles. The Morgan fingerprint density at radius 1 is 1.12 bits per heavy atom. The van der Waals surface area contributed by atoms with Gasteiger partial charge in [-0.25, -0.2) is 9.69 Å². The number of aromatic nitrogens is 4. The van der Waals surface area contributed by atoms with E-state index in [1.807, 2.05) is 6.92 Å². The number of hydrogen-bond acceptors (Lipinski definition) is 6. The second-order valence-electron chi connectivity index (χ2n) is 5.73. The standard InChI is InChI=1S/C11H11N5O4.C4H8O2/c1-14-8-7(9(19)15(2)11(14)20)12-10(13-8)16-5(17)3-4-6(16)18;1-2-3-4(5)6/h3-4H2,1-2H3,(H,12,13);2-3H2,1H3,(H,5,6). The molecule has 0 unspecified atom stereocenters. The number of H-pyrrole nitrogens is 1. The van der Waals surface area contributed by atoms with Gasteiger partial charge in [0, 0.05) is 33.4 Å². The number of aliphatic carboxylic acids is 1. The molecule has 11 heteroatoms. The number of aromatic amines is 1. The largest absolute Gasteiger partial charge is 0.481 e. The van der Waals surface area contributed by atoms with Gasteiger partial charge in [0.25, 0.3) is 5.56 Å². The van der Waals surface area contributed by atoms with Gasteiger partial charge in [-0.3, -0.25) is 28.3 Å². The lowest BCUT2D eigenvalue weighted by Gasteiger charge is -2.08. The number of anilines is 1. The summed E-state index contributed by atoms with van der Waals surface area (Å²) in [5, 5.41) is 7.91. The first-order chi connectivity index (χ1) is 12.2. The zero-order valence-electron chi connectivity index (χ0n) is 14.6. The number of carboxylic acid groups (broad SMARTS) is 1. The third-order valence-electron chi connectivity index (χ3n) is 3.81. The Kier molecular flexibility index (Phi) is 5.38. The van der Waals surface area contributed by atoms with Gasteiger partial charge >= 0.3 is 11.7 Å². The minimum Gasteiger partial charge on any atom is -0.481 e. The highest BCUT2D eigenvalue weighted by Gasteiger charge is 2.33. The van der Waals surface area contributed by atoms with Crippen molar-refractivity contribution in [3.8, 4) is 0 Å². The van der Waals surface area contributed by atoms with Gasteiger partial charge in [0.15, 0.2) is 11.2 Å². The van der Waals surface area contributed by atoms with Crippen LogP contribution >= 0.6 is 0 Å². The van der Waals surface area contributed by atoms with Crippen molar-refractivity contribution < 1.29 is 19.5 Å². The van der Waals surface area contributed by atoms with E-state index in [1.54, 1.807) is 0 Å². The fourth-order valence-electron chi connectivity index (χ4n) is 2.45. The van der Waals surface area contributed by atoms with E-state index in [-0.39, 0.29) is 41.8 Å². The number of nitrogens with one attached hydrogen (secondary N) is 1. The predicted octanol–water partition coefficient (Wildman–Crippen LogP) is -0.515. The van der Waals surface area contributed by atoms with Crippen LogP contribution in [0.25, 0.3) is 11.2 Å². The van der Waals surface area contributed by atoms with Crippen LogP contribution in [0, 0.1) is 0 Å². The van der Waals surface area contributed by atoms with Crippen LogP contribution in [-0.2, 0) is 28.5 Å². The normalized spacial score (nSPS) is 13.9. The van der Waals surface area contributed by atoms with Crippen molar-refractivity contribution in [3.05, 3.63) is 20.8 Å². The molecule has 0 saturated carbocycles. The molecule has 0 aliphatic carbocycles. The number of rotatable bonds is 3. The maximum Gasteiger partial charge on any atom is 0.332 e. The number of fused-ring (bicyclic) bond motifs is 1. The molecule has 11 nitrogen and oxygen atoms in total. The van der Waals surface area contributed by atoms with E-state index in [0.29, 0.717) is 6.42 Å². The predicted molar refractivity (Wildman–Crippen MR) is 90.8 cm³/mol. The summed E-state index contributed by atoms with van der Waals surface area (Å²) in [6.45, 7) is 1.84. The molecule has 1 aliphatic heterocycles. The maximum atomic E-state index is 12.0. The zero-order valence-corrected chi connectivity index (χ0v) is 14.6. The summed E-state index contributed by atoms with van der Waals surface area (Å²) in [5.41, 5.74) is -0.890. The fraction of sp³-hybridized carbons (Fsp3) is 0.467. The smallest absolute Gasteiger partial charge is 0.332 e. The van der Waals surface area contributed by atoms with Gasteiger partial charge in [0.1, 0.15) is 0 Å². The van der Waals surface area contributed by atoms with Crippen molar-refractivity contribution >= 4 is 34.9 Å². The Bertz CT molecular complexity index is 982. The third-order valence-corrected chi connectivity index (χ3v) is 3.81. The maximum absolute atomic E-state index is 12.0. The highest BCUT2D eigenvalue weighted by Crippen LogP contribution is 2.20. The highest BCUT2D eigenvalue weighted by molar-refractivity contribution is 6.19. The minimum absolute atomic E-state index is 0.0224. The number of carboxylic acids is 1. The van der Waals surface area contributed by atoms with Crippen LogP contribution in [0.2, 0.25) is 0 Å². The van der Waals surface area contributed by atoms with Crippen LogP contribution in [0.5, 0.6) is 0 Å². The summed E-state index contributed by atoms with van der Waals surface area (Å²) in [6, 6.07) is 0. The molecule has 2 amide bonds. The van der Waals surface area contributed by atoms with Gasteiger partial charge in [-0.2, -0.15) is 4.98 Å². The average Bonchev–Trinajstić information content (AvgIpc) is 3.15. The molecule has 26 heavy (non-hydrogen) atoms. The summed E-state index contributed by atoms with van der Waals surface area (Å²) in [5.74, 6) is -1.49. The van der Waals surface area contributed by atoms with Crippen LogP contribution in [-0.4, -0.2) is 42.0 Å². The Morgan fingerprint density at radius 2 is 1.69 bits per heavy atom. The molecule has 0 spiro atoms. The van der Waals surface area contributed by atoms with E-state index in [2.05, 4.69) is 9.97 Å². The number of hydrogen-bond donors (Lipinski definition) is 2. The van der Waals surface area contributed by atoms with Crippen molar-refractivity contribution in [3.63, 3.8) is 0 Å². The SMILES string of the molecule is CCCC(=O)O.Cn1c(=O)c2[nH]c(N3C(=O)CCC3=O)nc2n(C)c1=O. The van der Waals surface area contributed by atoms with E-state index in [0.717, 1.165) is 15.9 Å². The minimum atomic E-state index is -0.711. The summed E-state index contributed by atoms with van der Waals surface area (Å²) >= 11 is 0. The van der Waals surface area contributed by atoms with E-state index in [4.69, 9.17) is 5.11 Å². The first-order valence-corrected chi connectivity index (χ1v) is 7.92. The molecule has 0 radical (unpaired) electrons. The molecule has 1 saturated heterocycles. The summed E-state index contributed by atoms with van der Waals surface area (Å²) in [4.78, 5) is 64.3. The van der Waals surface area contributed by atoms with E-state index in [1.165, 1.54) is 18.7 Å². The summed E-state index contributed by atoms with van der Waals surface area (Å²) in [6.07, 6.45) is 1.26. The van der Waals surface area contributed by atoms with Crippen molar-refractivity contribution in [2.24, 2.45) is 14.1 Å². The number of carbonyl (C=O) groups excluding carboxylic acids is 2. The molecule has 2 N–H and O–H groups in total. The average molecular weight is 365 g/mol.